The van der Waals surface area contributed by atoms with Crippen LogP contribution in [-0.2, 0) is 4.74 Å². The molecule has 0 saturated carbocycles. The molecule has 0 radical (unpaired) electrons. The topological polar surface area (TPSA) is 44.5 Å². The van der Waals surface area contributed by atoms with Gasteiger partial charge in [0.25, 0.3) is 0 Å². The van der Waals surface area contributed by atoms with Gasteiger partial charge in [0, 0.05) is 6.42 Å². The van der Waals surface area contributed by atoms with Crippen LogP contribution in [-0.4, -0.2) is 17.8 Å². The predicted octanol–water partition coefficient (Wildman–Crippen LogP) is 3.63. The minimum Gasteiger partial charge on any atom is -0.486 e. The first-order valence-electron chi connectivity index (χ1n) is 6.37. The Bertz CT molecular complexity index is 380. The Kier molecular flexibility index (Phi) is 4.63. The number of nitrogen functional groups attached to an aromatic ring is 1. The third-order valence-electron chi connectivity index (χ3n) is 2.54. The summed E-state index contributed by atoms with van der Waals surface area (Å²) in [5, 5.41) is 0. The van der Waals surface area contributed by atoms with Crippen LogP contribution in [0.25, 0.3) is 0 Å². The smallest absolute Gasteiger partial charge is 0.142 e. The number of hydrogen-bond donors (Lipinski definition) is 1. The Morgan fingerprint density at radius 2 is 1.67 bits per heavy atom. The SMILES string of the molecule is CC(C)(C)OCCC(C)(C)Oc1ccccc1N. The fourth-order valence-corrected chi connectivity index (χ4v) is 1.53. The zero-order valence-electron chi connectivity index (χ0n) is 12.1. The number of benzene rings is 1. The lowest BCUT2D eigenvalue weighted by molar-refractivity contribution is -0.0291. The molecule has 0 aliphatic heterocycles. The number of rotatable bonds is 5. The van der Waals surface area contributed by atoms with Gasteiger partial charge in [-0.05, 0) is 46.8 Å². The standard InChI is InChI=1S/C15H25NO2/c1-14(2,3)17-11-10-15(4,5)18-13-9-7-6-8-12(13)16/h6-9H,10-11,16H2,1-5H3. The summed E-state index contributed by atoms with van der Waals surface area (Å²) in [6, 6.07) is 7.56. The maximum atomic E-state index is 5.94. The number of ether oxygens (including phenoxy) is 2. The van der Waals surface area contributed by atoms with Gasteiger partial charge in [-0.25, -0.2) is 0 Å². The average Bonchev–Trinajstić information content (AvgIpc) is 2.18. The summed E-state index contributed by atoms with van der Waals surface area (Å²) < 4.78 is 11.7. The van der Waals surface area contributed by atoms with Crippen molar-refractivity contribution in [1.82, 2.24) is 0 Å². The molecule has 0 aliphatic carbocycles. The summed E-state index contributed by atoms with van der Waals surface area (Å²) in [4.78, 5) is 0. The van der Waals surface area contributed by atoms with Crippen molar-refractivity contribution in [1.29, 1.82) is 0 Å². The summed E-state index contributed by atoms with van der Waals surface area (Å²) >= 11 is 0. The van der Waals surface area contributed by atoms with E-state index in [0.29, 0.717) is 12.3 Å². The van der Waals surface area contributed by atoms with Gasteiger partial charge in [0.05, 0.1) is 17.9 Å². The van der Waals surface area contributed by atoms with E-state index in [-0.39, 0.29) is 11.2 Å². The maximum Gasteiger partial charge on any atom is 0.142 e. The van der Waals surface area contributed by atoms with E-state index >= 15 is 0 Å². The lowest BCUT2D eigenvalue weighted by atomic mass is 10.1. The van der Waals surface area contributed by atoms with Crippen LogP contribution in [0.4, 0.5) is 5.69 Å². The lowest BCUT2D eigenvalue weighted by Crippen LogP contribution is -2.32. The third-order valence-corrected chi connectivity index (χ3v) is 2.54. The predicted molar refractivity (Wildman–Crippen MR) is 75.9 cm³/mol. The minimum absolute atomic E-state index is 0.109. The van der Waals surface area contributed by atoms with Crippen LogP contribution in [0.5, 0.6) is 5.75 Å². The molecular formula is C15H25NO2. The molecule has 0 atom stereocenters. The van der Waals surface area contributed by atoms with E-state index in [2.05, 4.69) is 20.8 Å². The molecule has 1 rings (SSSR count). The second-order valence-corrected chi connectivity index (χ2v) is 6.11. The summed E-state index contributed by atoms with van der Waals surface area (Å²) in [7, 11) is 0. The van der Waals surface area contributed by atoms with E-state index in [1.807, 2.05) is 38.1 Å². The van der Waals surface area contributed by atoms with E-state index in [1.165, 1.54) is 0 Å². The van der Waals surface area contributed by atoms with Crippen LogP contribution in [0, 0.1) is 0 Å². The highest BCUT2D eigenvalue weighted by atomic mass is 16.5. The minimum atomic E-state index is -0.291. The number of anilines is 1. The van der Waals surface area contributed by atoms with Crippen LogP contribution in [0.2, 0.25) is 0 Å². The summed E-state index contributed by atoms with van der Waals surface area (Å²) in [6.07, 6.45) is 0.818. The Balaban J connectivity index is 2.52. The summed E-state index contributed by atoms with van der Waals surface area (Å²) in [5.41, 5.74) is 6.14. The molecule has 3 nitrogen and oxygen atoms in total. The molecule has 0 amide bonds. The van der Waals surface area contributed by atoms with Gasteiger partial charge >= 0.3 is 0 Å². The normalized spacial score (nSPS) is 12.5. The molecular weight excluding hydrogens is 226 g/mol. The van der Waals surface area contributed by atoms with Crippen molar-refractivity contribution in [2.75, 3.05) is 12.3 Å². The molecule has 1 aromatic rings. The maximum absolute atomic E-state index is 5.94. The molecule has 0 spiro atoms. The van der Waals surface area contributed by atoms with Crippen molar-refractivity contribution in [3.05, 3.63) is 24.3 Å². The Labute approximate surface area is 110 Å². The van der Waals surface area contributed by atoms with Gasteiger partial charge in [0.2, 0.25) is 0 Å². The Morgan fingerprint density at radius 1 is 1.06 bits per heavy atom. The highest BCUT2D eigenvalue weighted by Gasteiger charge is 2.22. The van der Waals surface area contributed by atoms with Crippen LogP contribution in [0.3, 0.4) is 0 Å². The van der Waals surface area contributed by atoms with Gasteiger partial charge in [-0.1, -0.05) is 12.1 Å². The molecule has 18 heavy (non-hydrogen) atoms. The van der Waals surface area contributed by atoms with Gasteiger partial charge in [0.15, 0.2) is 0 Å². The zero-order valence-corrected chi connectivity index (χ0v) is 12.1. The van der Waals surface area contributed by atoms with Crippen LogP contribution in [0.1, 0.15) is 41.0 Å². The van der Waals surface area contributed by atoms with Gasteiger partial charge in [-0.3, -0.25) is 0 Å². The molecule has 0 aromatic heterocycles. The monoisotopic (exact) mass is 251 g/mol. The Hall–Kier alpha value is -1.22. The van der Waals surface area contributed by atoms with E-state index in [0.717, 1.165) is 12.2 Å². The fourth-order valence-electron chi connectivity index (χ4n) is 1.53. The van der Waals surface area contributed by atoms with Crippen molar-refractivity contribution in [2.45, 2.75) is 52.2 Å². The second-order valence-electron chi connectivity index (χ2n) is 6.11. The molecule has 0 unspecified atom stereocenters. The molecule has 0 saturated heterocycles. The quantitative estimate of drug-likeness (QED) is 0.813. The second kappa shape index (κ2) is 5.61. The summed E-state index contributed by atoms with van der Waals surface area (Å²) in [5.74, 6) is 0.734. The molecule has 3 heteroatoms. The van der Waals surface area contributed by atoms with E-state index in [9.17, 15) is 0 Å². The highest BCUT2D eigenvalue weighted by molar-refractivity contribution is 5.52. The van der Waals surface area contributed by atoms with E-state index in [4.69, 9.17) is 15.2 Å². The molecule has 102 valence electrons. The molecule has 1 aromatic carbocycles. The van der Waals surface area contributed by atoms with Gasteiger partial charge < -0.3 is 15.2 Å². The molecule has 0 bridgehead atoms. The zero-order chi connectivity index (χ0) is 13.8. The van der Waals surface area contributed by atoms with Crippen molar-refractivity contribution in [3.63, 3.8) is 0 Å². The van der Waals surface area contributed by atoms with Crippen molar-refractivity contribution in [2.24, 2.45) is 0 Å². The van der Waals surface area contributed by atoms with E-state index in [1.54, 1.807) is 0 Å². The number of para-hydroxylation sites is 2. The first kappa shape index (κ1) is 14.8. The van der Waals surface area contributed by atoms with Gasteiger partial charge in [0.1, 0.15) is 11.4 Å². The Morgan fingerprint density at radius 3 is 2.22 bits per heavy atom. The first-order chi connectivity index (χ1) is 8.20. The van der Waals surface area contributed by atoms with Crippen molar-refractivity contribution < 1.29 is 9.47 Å². The van der Waals surface area contributed by atoms with Crippen LogP contribution >= 0.6 is 0 Å². The molecule has 2 N–H and O–H groups in total. The molecule has 0 aliphatic rings. The first-order valence-corrected chi connectivity index (χ1v) is 6.37. The number of hydrogen-bond acceptors (Lipinski definition) is 3. The molecule has 0 heterocycles. The lowest BCUT2D eigenvalue weighted by Gasteiger charge is -2.29. The highest BCUT2D eigenvalue weighted by Crippen LogP contribution is 2.26. The van der Waals surface area contributed by atoms with Gasteiger partial charge in [-0.2, -0.15) is 0 Å². The average molecular weight is 251 g/mol. The largest absolute Gasteiger partial charge is 0.486 e. The van der Waals surface area contributed by atoms with Crippen LogP contribution in [0.15, 0.2) is 24.3 Å². The summed E-state index contributed by atoms with van der Waals surface area (Å²) in [6.45, 7) is 10.9. The molecule has 0 fully saturated rings. The van der Waals surface area contributed by atoms with Crippen molar-refractivity contribution in [3.8, 4) is 5.75 Å². The number of nitrogens with two attached hydrogens (primary N) is 1. The third kappa shape index (κ3) is 5.41. The fraction of sp³-hybridized carbons (Fsp3) is 0.600. The van der Waals surface area contributed by atoms with Crippen LogP contribution < -0.4 is 10.5 Å². The van der Waals surface area contributed by atoms with Gasteiger partial charge in [-0.15, -0.1) is 0 Å². The van der Waals surface area contributed by atoms with Crippen molar-refractivity contribution >= 4 is 5.69 Å². The van der Waals surface area contributed by atoms with E-state index < -0.39 is 0 Å².